The smallest absolute Gasteiger partial charge is 0.183 e. The maximum atomic E-state index is 9.68. The second-order valence-corrected chi connectivity index (χ2v) is 10.5. The molecule has 1 aliphatic carbocycles. The lowest BCUT2D eigenvalue weighted by molar-refractivity contribution is -0.206. The third kappa shape index (κ3) is 6.09. The number of hydrogen-bond donors (Lipinski definition) is 0. The molecule has 0 spiro atoms. The van der Waals surface area contributed by atoms with Crippen molar-refractivity contribution in [2.24, 2.45) is 11.3 Å². The second kappa shape index (κ2) is 12.0. The minimum Gasteiger partial charge on any atom is -0.348 e. The zero-order chi connectivity index (χ0) is 23.8. The first kappa shape index (κ1) is 25.0. The predicted molar refractivity (Wildman–Crippen MR) is 138 cm³/mol. The highest BCUT2D eigenvalue weighted by Crippen LogP contribution is 2.45. The summed E-state index contributed by atoms with van der Waals surface area (Å²) in [5.74, 6) is 1.12. The molecule has 1 aliphatic heterocycles. The van der Waals surface area contributed by atoms with E-state index >= 15 is 0 Å². The average Bonchev–Trinajstić information content (AvgIpc) is 2.90. The van der Waals surface area contributed by atoms with E-state index in [9.17, 15) is 5.26 Å². The van der Waals surface area contributed by atoms with Crippen molar-refractivity contribution in [3.05, 3.63) is 59.7 Å². The van der Waals surface area contributed by atoms with E-state index in [1.807, 2.05) is 0 Å². The summed E-state index contributed by atoms with van der Waals surface area (Å²) >= 11 is 0. The number of hydrogen-bond acceptors (Lipinski definition) is 3. The first-order valence-corrected chi connectivity index (χ1v) is 13.5. The quantitative estimate of drug-likeness (QED) is 0.353. The molecule has 1 saturated heterocycles. The van der Waals surface area contributed by atoms with Gasteiger partial charge in [-0.15, -0.1) is 0 Å². The molecule has 2 aromatic rings. The van der Waals surface area contributed by atoms with Crippen molar-refractivity contribution in [1.82, 2.24) is 0 Å². The molecule has 1 saturated carbocycles. The summed E-state index contributed by atoms with van der Waals surface area (Å²) in [6.07, 6.45) is 11.3. The van der Waals surface area contributed by atoms with Crippen LogP contribution in [0.15, 0.2) is 48.5 Å². The summed E-state index contributed by atoms with van der Waals surface area (Å²) < 4.78 is 12.1. The first-order chi connectivity index (χ1) is 16.7. The average molecular weight is 460 g/mol. The van der Waals surface area contributed by atoms with Gasteiger partial charge in [0.25, 0.3) is 0 Å². The van der Waals surface area contributed by atoms with Gasteiger partial charge < -0.3 is 9.47 Å². The highest BCUT2D eigenvalue weighted by atomic mass is 16.7. The Balaban J connectivity index is 1.31. The normalized spacial score (nSPS) is 27.3. The van der Waals surface area contributed by atoms with E-state index in [-0.39, 0.29) is 11.7 Å². The van der Waals surface area contributed by atoms with Gasteiger partial charge in [0.2, 0.25) is 0 Å². The van der Waals surface area contributed by atoms with Crippen molar-refractivity contribution in [3.8, 4) is 17.2 Å². The molecule has 1 heterocycles. The van der Waals surface area contributed by atoms with Crippen molar-refractivity contribution >= 4 is 0 Å². The topological polar surface area (TPSA) is 42.2 Å². The van der Waals surface area contributed by atoms with Gasteiger partial charge in [0.15, 0.2) is 6.29 Å². The molecule has 34 heavy (non-hydrogen) atoms. The van der Waals surface area contributed by atoms with Gasteiger partial charge >= 0.3 is 0 Å². The van der Waals surface area contributed by atoms with Gasteiger partial charge in [-0.05, 0) is 61.1 Å². The SMILES string of the molecule is CCCCCC1COC(c2ccc(-c3ccc(C4CCC(C#N)(CCC)CC4)cc3)cc2)OC1. The van der Waals surface area contributed by atoms with Crippen LogP contribution in [0.25, 0.3) is 11.1 Å². The van der Waals surface area contributed by atoms with E-state index in [4.69, 9.17) is 9.47 Å². The molecule has 0 N–H and O–H groups in total. The molecule has 0 unspecified atom stereocenters. The fourth-order valence-corrected chi connectivity index (χ4v) is 5.77. The molecular weight excluding hydrogens is 418 g/mol. The molecule has 2 aliphatic rings. The molecule has 182 valence electrons. The van der Waals surface area contributed by atoms with Crippen LogP contribution in [0.1, 0.15) is 101 Å². The molecule has 3 heteroatoms. The van der Waals surface area contributed by atoms with Crippen molar-refractivity contribution in [2.75, 3.05) is 13.2 Å². The van der Waals surface area contributed by atoms with Crippen LogP contribution < -0.4 is 0 Å². The molecule has 2 fully saturated rings. The molecule has 2 aromatic carbocycles. The molecule has 0 amide bonds. The zero-order valence-corrected chi connectivity index (χ0v) is 21.1. The third-order valence-electron chi connectivity index (χ3n) is 7.99. The minimum atomic E-state index is -0.238. The van der Waals surface area contributed by atoms with Crippen LogP contribution in [0.5, 0.6) is 0 Å². The van der Waals surface area contributed by atoms with Gasteiger partial charge in [-0.2, -0.15) is 5.26 Å². The molecule has 0 radical (unpaired) electrons. The second-order valence-electron chi connectivity index (χ2n) is 10.5. The summed E-state index contributed by atoms with van der Waals surface area (Å²) in [5.41, 5.74) is 4.90. The van der Waals surface area contributed by atoms with Gasteiger partial charge in [0.1, 0.15) is 0 Å². The van der Waals surface area contributed by atoms with Crippen LogP contribution in [0.3, 0.4) is 0 Å². The molecule has 4 rings (SSSR count). The van der Waals surface area contributed by atoms with Gasteiger partial charge in [-0.3, -0.25) is 0 Å². The summed E-state index contributed by atoms with van der Waals surface area (Å²) in [6, 6.07) is 20.4. The molecule has 0 aromatic heterocycles. The fraction of sp³-hybridized carbons (Fsp3) is 0.581. The Labute approximate surface area is 206 Å². The Morgan fingerprint density at radius 2 is 1.41 bits per heavy atom. The minimum absolute atomic E-state index is 0.0747. The van der Waals surface area contributed by atoms with E-state index in [1.165, 1.54) is 42.4 Å². The maximum Gasteiger partial charge on any atom is 0.183 e. The summed E-state index contributed by atoms with van der Waals surface area (Å²) in [4.78, 5) is 0. The Hall–Kier alpha value is -2.15. The van der Waals surface area contributed by atoms with E-state index in [2.05, 4.69) is 68.4 Å². The van der Waals surface area contributed by atoms with Gasteiger partial charge in [0, 0.05) is 11.5 Å². The van der Waals surface area contributed by atoms with E-state index in [0.717, 1.165) is 57.3 Å². The van der Waals surface area contributed by atoms with Crippen molar-refractivity contribution in [3.63, 3.8) is 0 Å². The van der Waals surface area contributed by atoms with Crippen LogP contribution in [-0.4, -0.2) is 13.2 Å². The maximum absolute atomic E-state index is 9.68. The van der Waals surface area contributed by atoms with Crippen LogP contribution in [0, 0.1) is 22.7 Å². The third-order valence-corrected chi connectivity index (χ3v) is 7.99. The summed E-state index contributed by atoms with van der Waals surface area (Å²) in [6.45, 7) is 6.03. The van der Waals surface area contributed by atoms with Gasteiger partial charge in [-0.1, -0.05) is 88.1 Å². The Morgan fingerprint density at radius 1 is 0.824 bits per heavy atom. The molecule has 3 nitrogen and oxygen atoms in total. The lowest BCUT2D eigenvalue weighted by atomic mass is 9.68. The van der Waals surface area contributed by atoms with Gasteiger partial charge in [-0.25, -0.2) is 0 Å². The van der Waals surface area contributed by atoms with Crippen molar-refractivity contribution in [2.45, 2.75) is 90.3 Å². The van der Waals surface area contributed by atoms with Crippen LogP contribution in [0.2, 0.25) is 0 Å². The number of nitriles is 1. The number of unbranched alkanes of at least 4 members (excludes halogenated alkanes) is 2. The number of benzene rings is 2. The van der Waals surface area contributed by atoms with Crippen LogP contribution >= 0.6 is 0 Å². The Kier molecular flexibility index (Phi) is 8.81. The van der Waals surface area contributed by atoms with Crippen molar-refractivity contribution in [1.29, 1.82) is 5.26 Å². The van der Waals surface area contributed by atoms with Crippen LogP contribution in [-0.2, 0) is 9.47 Å². The highest BCUT2D eigenvalue weighted by Gasteiger charge is 2.35. The highest BCUT2D eigenvalue weighted by molar-refractivity contribution is 5.64. The Morgan fingerprint density at radius 3 is 1.94 bits per heavy atom. The number of rotatable bonds is 9. The van der Waals surface area contributed by atoms with Crippen molar-refractivity contribution < 1.29 is 9.47 Å². The molecule has 0 atom stereocenters. The first-order valence-electron chi connectivity index (χ1n) is 13.5. The molecule has 0 bridgehead atoms. The number of ether oxygens (including phenoxy) is 2. The lowest BCUT2D eigenvalue weighted by Crippen LogP contribution is -2.27. The fourth-order valence-electron chi connectivity index (χ4n) is 5.77. The monoisotopic (exact) mass is 459 g/mol. The van der Waals surface area contributed by atoms with E-state index in [1.54, 1.807) is 0 Å². The van der Waals surface area contributed by atoms with E-state index in [0.29, 0.717) is 11.8 Å². The lowest BCUT2D eigenvalue weighted by Gasteiger charge is -2.35. The van der Waals surface area contributed by atoms with Crippen LogP contribution in [0.4, 0.5) is 0 Å². The summed E-state index contributed by atoms with van der Waals surface area (Å²) in [5, 5.41) is 9.68. The van der Waals surface area contributed by atoms with E-state index < -0.39 is 0 Å². The summed E-state index contributed by atoms with van der Waals surface area (Å²) in [7, 11) is 0. The zero-order valence-electron chi connectivity index (χ0n) is 21.1. The standard InChI is InChI=1S/C31H41NO2/c1-3-5-6-7-24-21-33-30(34-22-24)29-14-12-26(13-15-29)25-8-10-27(11-9-25)28-16-19-31(23-32,18-4-2)20-17-28/h8-15,24,28,30H,3-7,16-22H2,1-2H3. The molecular formula is C31H41NO2. The van der Waals surface area contributed by atoms with Gasteiger partial charge in [0.05, 0.1) is 24.7 Å². The largest absolute Gasteiger partial charge is 0.348 e. The number of nitrogens with zero attached hydrogens (tertiary/aromatic N) is 1. The Bertz CT molecular complexity index is 911. The predicted octanol–water partition coefficient (Wildman–Crippen LogP) is 8.56.